The van der Waals surface area contributed by atoms with Crippen molar-refractivity contribution in [1.29, 1.82) is 5.26 Å². The van der Waals surface area contributed by atoms with Crippen LogP contribution in [-0.4, -0.2) is 46.0 Å². The molecule has 1 fully saturated rings. The molecule has 36 heavy (non-hydrogen) atoms. The van der Waals surface area contributed by atoms with Gasteiger partial charge in [0, 0.05) is 50.4 Å². The smallest absolute Gasteiger partial charge is 0.406 e. The van der Waals surface area contributed by atoms with E-state index in [0.717, 1.165) is 0 Å². The third-order valence-corrected chi connectivity index (χ3v) is 6.63. The van der Waals surface area contributed by atoms with Gasteiger partial charge in [-0.2, -0.15) is 5.26 Å². The highest BCUT2D eigenvalue weighted by atomic mass is 19.4. The SMILES string of the molecule is CC(c1cc(F)cc(OC(F)(F)F)c1)N1C[C@H](C)N(c2cc(=O)n(C)c3ccc(C#N)nc23)C[C@H]1C. The van der Waals surface area contributed by atoms with Crippen molar-refractivity contribution in [1.82, 2.24) is 14.5 Å². The van der Waals surface area contributed by atoms with Crippen LogP contribution in [0.25, 0.3) is 11.0 Å². The van der Waals surface area contributed by atoms with Crippen LogP contribution in [0.1, 0.15) is 38.1 Å². The Morgan fingerprint density at radius 2 is 1.86 bits per heavy atom. The molecule has 2 aromatic heterocycles. The number of aryl methyl sites for hydroxylation is 1. The molecule has 0 amide bonds. The van der Waals surface area contributed by atoms with Gasteiger partial charge in [-0.15, -0.1) is 13.2 Å². The summed E-state index contributed by atoms with van der Waals surface area (Å²) in [7, 11) is 1.64. The van der Waals surface area contributed by atoms with E-state index in [1.54, 1.807) is 26.1 Å². The average molecular weight is 504 g/mol. The molecule has 3 atom stereocenters. The summed E-state index contributed by atoms with van der Waals surface area (Å²) in [5.41, 5.74) is 2.14. The normalized spacial score (nSPS) is 19.8. The Bertz CT molecular complexity index is 1400. The number of alkyl halides is 3. The Labute approximate surface area is 205 Å². The molecule has 1 aromatic carbocycles. The van der Waals surface area contributed by atoms with Gasteiger partial charge in [0.2, 0.25) is 0 Å². The van der Waals surface area contributed by atoms with Gasteiger partial charge in [-0.1, -0.05) is 0 Å². The predicted molar refractivity (Wildman–Crippen MR) is 126 cm³/mol. The summed E-state index contributed by atoms with van der Waals surface area (Å²) in [6.07, 6.45) is -4.92. The number of rotatable bonds is 4. The molecule has 3 aromatic rings. The fraction of sp³-hybridized carbons (Fsp3) is 0.400. The van der Waals surface area contributed by atoms with E-state index in [9.17, 15) is 27.6 Å². The molecule has 0 radical (unpaired) electrons. The van der Waals surface area contributed by atoms with Gasteiger partial charge in [0.25, 0.3) is 5.56 Å². The number of nitrogens with zero attached hydrogens (tertiary/aromatic N) is 5. The zero-order valence-corrected chi connectivity index (χ0v) is 20.2. The topological polar surface area (TPSA) is 74.4 Å². The number of ether oxygens (including phenoxy) is 1. The van der Waals surface area contributed by atoms with E-state index in [1.165, 1.54) is 22.8 Å². The first-order chi connectivity index (χ1) is 16.9. The zero-order valence-electron chi connectivity index (χ0n) is 20.2. The Morgan fingerprint density at radius 1 is 1.14 bits per heavy atom. The highest BCUT2D eigenvalue weighted by Gasteiger charge is 2.35. The summed E-state index contributed by atoms with van der Waals surface area (Å²) < 4.78 is 57.6. The number of hydrogen-bond donors (Lipinski definition) is 0. The maximum absolute atomic E-state index is 14.1. The molecule has 1 unspecified atom stereocenters. The van der Waals surface area contributed by atoms with Crippen molar-refractivity contribution in [3.8, 4) is 11.8 Å². The minimum atomic E-state index is -4.92. The van der Waals surface area contributed by atoms with E-state index < -0.39 is 24.0 Å². The van der Waals surface area contributed by atoms with Gasteiger partial charge in [-0.25, -0.2) is 9.37 Å². The number of aromatic nitrogens is 2. The lowest BCUT2D eigenvalue weighted by Crippen LogP contribution is -2.57. The molecule has 4 rings (SSSR count). The summed E-state index contributed by atoms with van der Waals surface area (Å²) in [5.74, 6) is -1.42. The Balaban J connectivity index is 1.65. The van der Waals surface area contributed by atoms with Crippen molar-refractivity contribution in [2.75, 3.05) is 18.0 Å². The Morgan fingerprint density at radius 3 is 2.53 bits per heavy atom. The van der Waals surface area contributed by atoms with Crippen LogP contribution in [0.4, 0.5) is 23.2 Å². The van der Waals surface area contributed by atoms with Gasteiger partial charge >= 0.3 is 6.36 Å². The molecule has 0 spiro atoms. The molecule has 1 aliphatic heterocycles. The number of pyridine rings is 2. The van der Waals surface area contributed by atoms with E-state index in [0.29, 0.717) is 41.4 Å². The first-order valence-electron chi connectivity index (χ1n) is 11.4. The maximum atomic E-state index is 14.1. The Kier molecular flexibility index (Phi) is 6.66. The van der Waals surface area contributed by atoms with Gasteiger partial charge in [-0.3, -0.25) is 9.69 Å². The number of fused-ring (bicyclic) bond motifs is 1. The zero-order chi connectivity index (χ0) is 26.4. The molecule has 0 bridgehead atoms. The lowest BCUT2D eigenvalue weighted by atomic mass is 10.00. The number of anilines is 1. The average Bonchev–Trinajstić information content (AvgIpc) is 2.80. The number of benzene rings is 1. The van der Waals surface area contributed by atoms with Crippen LogP contribution in [0, 0.1) is 17.1 Å². The van der Waals surface area contributed by atoms with Gasteiger partial charge in [0.15, 0.2) is 0 Å². The van der Waals surface area contributed by atoms with E-state index >= 15 is 0 Å². The largest absolute Gasteiger partial charge is 0.573 e. The van der Waals surface area contributed by atoms with Crippen molar-refractivity contribution in [3.63, 3.8) is 0 Å². The Hall–Kier alpha value is -3.65. The molecular weight excluding hydrogens is 478 g/mol. The molecule has 0 aliphatic carbocycles. The summed E-state index contributed by atoms with van der Waals surface area (Å²) in [6.45, 7) is 6.70. The van der Waals surface area contributed by atoms with E-state index in [-0.39, 0.29) is 23.3 Å². The highest BCUT2D eigenvalue weighted by molar-refractivity contribution is 5.89. The highest BCUT2D eigenvalue weighted by Crippen LogP contribution is 2.34. The van der Waals surface area contributed by atoms with Crippen molar-refractivity contribution in [2.24, 2.45) is 7.05 Å². The molecular formula is C25H25F4N5O2. The van der Waals surface area contributed by atoms with Crippen molar-refractivity contribution in [2.45, 2.75) is 45.3 Å². The lowest BCUT2D eigenvalue weighted by molar-refractivity contribution is -0.274. The minimum Gasteiger partial charge on any atom is -0.406 e. The third-order valence-electron chi connectivity index (χ3n) is 6.63. The monoisotopic (exact) mass is 503 g/mol. The molecule has 0 N–H and O–H groups in total. The van der Waals surface area contributed by atoms with Crippen LogP contribution in [-0.2, 0) is 7.05 Å². The molecule has 3 heterocycles. The molecule has 0 saturated carbocycles. The van der Waals surface area contributed by atoms with Gasteiger partial charge in [0.1, 0.15) is 28.8 Å². The quantitative estimate of drug-likeness (QED) is 0.488. The minimum absolute atomic E-state index is 0.107. The lowest BCUT2D eigenvalue weighted by Gasteiger charge is -2.47. The molecule has 1 saturated heterocycles. The fourth-order valence-electron chi connectivity index (χ4n) is 4.83. The second-order valence-corrected chi connectivity index (χ2v) is 9.09. The maximum Gasteiger partial charge on any atom is 0.573 e. The van der Waals surface area contributed by atoms with Gasteiger partial charge in [0.05, 0.1) is 11.2 Å². The van der Waals surface area contributed by atoms with Crippen LogP contribution in [0.15, 0.2) is 41.2 Å². The van der Waals surface area contributed by atoms with Crippen LogP contribution in [0.5, 0.6) is 5.75 Å². The number of halogens is 4. The second-order valence-electron chi connectivity index (χ2n) is 9.09. The van der Waals surface area contributed by atoms with Gasteiger partial charge in [-0.05, 0) is 50.6 Å². The van der Waals surface area contributed by atoms with Crippen molar-refractivity contribution in [3.05, 3.63) is 63.8 Å². The molecule has 11 heteroatoms. The number of nitriles is 1. The number of piperazine rings is 1. The van der Waals surface area contributed by atoms with E-state index in [1.807, 2.05) is 19.9 Å². The van der Waals surface area contributed by atoms with E-state index in [2.05, 4.69) is 19.5 Å². The van der Waals surface area contributed by atoms with Crippen LogP contribution >= 0.6 is 0 Å². The molecule has 190 valence electrons. The molecule has 7 nitrogen and oxygen atoms in total. The summed E-state index contributed by atoms with van der Waals surface area (Å²) >= 11 is 0. The first kappa shape index (κ1) is 25.4. The van der Waals surface area contributed by atoms with Crippen LogP contribution < -0.4 is 15.2 Å². The van der Waals surface area contributed by atoms with E-state index in [4.69, 9.17) is 0 Å². The summed E-state index contributed by atoms with van der Waals surface area (Å²) in [4.78, 5) is 21.2. The summed E-state index contributed by atoms with van der Waals surface area (Å²) in [5, 5.41) is 9.32. The van der Waals surface area contributed by atoms with Crippen LogP contribution in [0.2, 0.25) is 0 Å². The fourth-order valence-corrected chi connectivity index (χ4v) is 4.83. The number of hydrogen-bond acceptors (Lipinski definition) is 6. The second kappa shape index (κ2) is 9.43. The van der Waals surface area contributed by atoms with Crippen molar-refractivity contribution >= 4 is 16.7 Å². The van der Waals surface area contributed by atoms with Crippen molar-refractivity contribution < 1.29 is 22.3 Å². The third kappa shape index (κ3) is 4.99. The first-order valence-corrected chi connectivity index (χ1v) is 11.4. The standard InChI is InChI=1S/C25H25F4N5O2/c1-14-13-34(22-10-23(35)32(4)21-6-5-19(11-30)31-24(21)22)15(2)12-33(14)16(3)17-7-18(26)9-20(8-17)36-25(27,28)29/h5-10,14-16H,12-13H2,1-4H3/t14-,15+,16?/m1/s1. The molecule has 1 aliphatic rings. The van der Waals surface area contributed by atoms with Crippen LogP contribution in [0.3, 0.4) is 0 Å². The predicted octanol–water partition coefficient (Wildman–Crippen LogP) is 4.50. The van der Waals surface area contributed by atoms with Gasteiger partial charge < -0.3 is 14.2 Å². The summed E-state index contributed by atoms with van der Waals surface area (Å²) in [6, 6.07) is 9.28.